The van der Waals surface area contributed by atoms with Crippen molar-refractivity contribution < 1.29 is 13.9 Å². The van der Waals surface area contributed by atoms with Gasteiger partial charge in [0.1, 0.15) is 12.2 Å². The van der Waals surface area contributed by atoms with Crippen molar-refractivity contribution in [3.63, 3.8) is 0 Å². The number of para-hydroxylation sites is 1. The van der Waals surface area contributed by atoms with E-state index in [2.05, 4.69) is 4.98 Å². The highest BCUT2D eigenvalue weighted by molar-refractivity contribution is 5.82. The third-order valence-corrected chi connectivity index (χ3v) is 5.45. The number of aryl methyl sites for hydroxylation is 4. The Labute approximate surface area is 177 Å². The number of carbonyl (C=O) groups excluding carboxylic acids is 1. The van der Waals surface area contributed by atoms with Gasteiger partial charge in [0.25, 0.3) is 5.56 Å². The van der Waals surface area contributed by atoms with Crippen molar-refractivity contribution in [2.45, 2.75) is 40.3 Å². The minimum absolute atomic E-state index is 0.0103. The molecule has 31 heavy (non-hydrogen) atoms. The molecule has 4 aromatic rings. The molecule has 2 aromatic heterocycles. The smallest absolute Gasteiger partial charge is 0.336 e. The van der Waals surface area contributed by atoms with Crippen molar-refractivity contribution in [2.75, 3.05) is 0 Å². The lowest BCUT2D eigenvalue weighted by Gasteiger charge is -2.10. The van der Waals surface area contributed by atoms with E-state index in [0.717, 1.165) is 22.1 Å². The quantitative estimate of drug-likeness (QED) is 0.364. The molecule has 0 saturated heterocycles. The minimum atomic E-state index is -0.495. The molecule has 0 aliphatic heterocycles. The number of aromatic nitrogens is 2. The summed E-state index contributed by atoms with van der Waals surface area (Å²) >= 11 is 0. The van der Waals surface area contributed by atoms with Crippen LogP contribution in [0, 0.1) is 20.8 Å². The number of nitrogens with zero attached hydrogens (tertiary/aromatic N) is 2. The van der Waals surface area contributed by atoms with Crippen molar-refractivity contribution in [2.24, 2.45) is 0 Å². The Balaban J connectivity index is 1.48. The van der Waals surface area contributed by atoms with Crippen LogP contribution in [0.2, 0.25) is 0 Å². The van der Waals surface area contributed by atoms with Gasteiger partial charge in [-0.2, -0.15) is 0 Å². The van der Waals surface area contributed by atoms with E-state index in [-0.39, 0.29) is 25.1 Å². The first-order chi connectivity index (χ1) is 14.8. The summed E-state index contributed by atoms with van der Waals surface area (Å²) in [4.78, 5) is 41.2. The summed E-state index contributed by atoms with van der Waals surface area (Å²) in [6, 6.07) is 10.5. The van der Waals surface area contributed by atoms with Crippen LogP contribution in [-0.4, -0.2) is 15.5 Å². The van der Waals surface area contributed by atoms with Crippen LogP contribution >= 0.6 is 0 Å². The summed E-state index contributed by atoms with van der Waals surface area (Å²) < 4.78 is 12.0. The van der Waals surface area contributed by atoms with Gasteiger partial charge in [0.05, 0.1) is 23.7 Å². The molecule has 0 radical (unpaired) electrons. The summed E-state index contributed by atoms with van der Waals surface area (Å²) in [6.07, 6.45) is 1.46. The van der Waals surface area contributed by atoms with Gasteiger partial charge in [-0.05, 0) is 55.7 Å². The third-order valence-electron chi connectivity index (χ3n) is 5.45. The summed E-state index contributed by atoms with van der Waals surface area (Å²) in [6.45, 7) is 5.91. The van der Waals surface area contributed by atoms with Gasteiger partial charge in [0.15, 0.2) is 0 Å². The van der Waals surface area contributed by atoms with Crippen LogP contribution < -0.4 is 11.2 Å². The molecule has 2 aromatic carbocycles. The molecule has 0 spiro atoms. The van der Waals surface area contributed by atoms with Crippen LogP contribution in [0.25, 0.3) is 21.9 Å². The maximum atomic E-state index is 12.6. The lowest BCUT2D eigenvalue weighted by atomic mass is 10.0. The second-order valence-electron chi connectivity index (χ2n) is 7.65. The predicted octanol–water partition coefficient (Wildman–Crippen LogP) is 3.56. The van der Waals surface area contributed by atoms with Gasteiger partial charge in [0.2, 0.25) is 0 Å². The van der Waals surface area contributed by atoms with Crippen molar-refractivity contribution in [3.05, 3.63) is 85.8 Å². The Bertz CT molecular complexity index is 1430. The molecule has 0 aliphatic rings. The molecule has 7 heteroatoms. The Kier molecular flexibility index (Phi) is 5.42. The number of rotatable bonds is 5. The molecule has 0 saturated carbocycles. The predicted molar refractivity (Wildman–Crippen MR) is 117 cm³/mol. The first-order valence-electron chi connectivity index (χ1n) is 9.98. The Hall–Kier alpha value is -3.74. The summed E-state index contributed by atoms with van der Waals surface area (Å²) in [5.41, 5.74) is 4.00. The zero-order valence-electron chi connectivity index (χ0n) is 17.6. The number of hydrogen-bond acceptors (Lipinski definition) is 6. The van der Waals surface area contributed by atoms with Crippen molar-refractivity contribution in [1.82, 2.24) is 9.55 Å². The van der Waals surface area contributed by atoms with Gasteiger partial charge in [-0.15, -0.1) is 0 Å². The highest BCUT2D eigenvalue weighted by Crippen LogP contribution is 2.22. The van der Waals surface area contributed by atoms with E-state index in [1.807, 2.05) is 39.0 Å². The number of esters is 1. The molecule has 158 valence electrons. The average molecular weight is 418 g/mol. The van der Waals surface area contributed by atoms with Gasteiger partial charge in [-0.25, -0.2) is 9.78 Å². The SMILES string of the molecule is Cc1cc2oc(=O)cc(COC(=O)CCn3cnc4c(C)cccc4c3=O)c2cc1C. The Morgan fingerprint density at radius 3 is 2.61 bits per heavy atom. The monoisotopic (exact) mass is 418 g/mol. The summed E-state index contributed by atoms with van der Waals surface area (Å²) in [5.74, 6) is -0.471. The Morgan fingerprint density at radius 1 is 1.03 bits per heavy atom. The van der Waals surface area contributed by atoms with E-state index >= 15 is 0 Å². The molecule has 7 nitrogen and oxygen atoms in total. The first-order valence-corrected chi connectivity index (χ1v) is 9.98. The van der Waals surface area contributed by atoms with E-state index in [4.69, 9.17) is 9.15 Å². The van der Waals surface area contributed by atoms with Crippen LogP contribution in [0.4, 0.5) is 0 Å². The van der Waals surface area contributed by atoms with E-state index in [1.165, 1.54) is 17.0 Å². The third kappa shape index (κ3) is 4.12. The summed E-state index contributed by atoms with van der Waals surface area (Å²) in [5, 5.41) is 1.25. The first kappa shape index (κ1) is 20.5. The van der Waals surface area contributed by atoms with E-state index in [0.29, 0.717) is 22.0 Å². The van der Waals surface area contributed by atoms with Gasteiger partial charge < -0.3 is 9.15 Å². The second kappa shape index (κ2) is 8.18. The lowest BCUT2D eigenvalue weighted by Crippen LogP contribution is -2.22. The van der Waals surface area contributed by atoms with Crippen molar-refractivity contribution in [1.29, 1.82) is 0 Å². The molecule has 4 rings (SSSR count). The highest BCUT2D eigenvalue weighted by Gasteiger charge is 2.12. The van der Waals surface area contributed by atoms with Crippen molar-refractivity contribution in [3.8, 4) is 0 Å². The van der Waals surface area contributed by atoms with Gasteiger partial charge in [-0.3, -0.25) is 14.2 Å². The second-order valence-corrected chi connectivity index (χ2v) is 7.65. The molecule has 0 aliphatic carbocycles. The van der Waals surface area contributed by atoms with Gasteiger partial charge in [-0.1, -0.05) is 12.1 Å². The molecule has 0 bridgehead atoms. The normalized spacial score (nSPS) is 11.2. The Morgan fingerprint density at radius 2 is 1.81 bits per heavy atom. The number of hydrogen-bond donors (Lipinski definition) is 0. The fourth-order valence-corrected chi connectivity index (χ4v) is 3.54. The number of fused-ring (bicyclic) bond motifs is 2. The van der Waals surface area contributed by atoms with Gasteiger partial charge in [0, 0.05) is 23.6 Å². The summed E-state index contributed by atoms with van der Waals surface area (Å²) in [7, 11) is 0. The van der Waals surface area contributed by atoms with E-state index < -0.39 is 11.6 Å². The zero-order chi connectivity index (χ0) is 22.1. The van der Waals surface area contributed by atoms with Crippen LogP contribution in [0.5, 0.6) is 0 Å². The van der Waals surface area contributed by atoms with Crippen LogP contribution in [0.3, 0.4) is 0 Å². The molecule has 0 unspecified atom stereocenters. The molecular formula is C24H22N2O5. The fourth-order valence-electron chi connectivity index (χ4n) is 3.54. The van der Waals surface area contributed by atoms with Crippen LogP contribution in [0.15, 0.2) is 56.7 Å². The molecular weight excluding hydrogens is 396 g/mol. The van der Waals surface area contributed by atoms with E-state index in [9.17, 15) is 14.4 Å². The standard InChI is InChI=1S/C24H22N2O5/c1-14-5-4-6-18-23(14)25-13-26(24(18)29)8-7-21(27)30-12-17-11-22(28)31-20-10-16(3)15(2)9-19(17)20/h4-6,9-11,13H,7-8,12H2,1-3H3. The highest BCUT2D eigenvalue weighted by atomic mass is 16.5. The molecule has 0 amide bonds. The molecule has 2 heterocycles. The zero-order valence-corrected chi connectivity index (χ0v) is 17.6. The molecule has 0 atom stereocenters. The number of benzene rings is 2. The van der Waals surface area contributed by atoms with E-state index in [1.54, 1.807) is 12.1 Å². The topological polar surface area (TPSA) is 91.4 Å². The van der Waals surface area contributed by atoms with Gasteiger partial charge >= 0.3 is 11.6 Å². The maximum Gasteiger partial charge on any atom is 0.336 e. The maximum absolute atomic E-state index is 12.6. The average Bonchev–Trinajstić information content (AvgIpc) is 2.73. The largest absolute Gasteiger partial charge is 0.461 e. The fraction of sp³-hybridized carbons (Fsp3) is 0.250. The minimum Gasteiger partial charge on any atom is -0.461 e. The number of carbonyl (C=O) groups is 1. The van der Waals surface area contributed by atoms with Crippen LogP contribution in [0.1, 0.15) is 28.7 Å². The molecule has 0 N–H and O–H groups in total. The molecule has 0 fully saturated rings. The van der Waals surface area contributed by atoms with Crippen LogP contribution in [-0.2, 0) is 22.7 Å². The number of ether oxygens (including phenoxy) is 1. The lowest BCUT2D eigenvalue weighted by molar-refractivity contribution is -0.145. The van der Waals surface area contributed by atoms with Crippen molar-refractivity contribution >= 4 is 27.8 Å².